The zero-order valence-corrected chi connectivity index (χ0v) is 27.7. The molecule has 16 nitrogen and oxygen atoms in total. The van der Waals surface area contributed by atoms with Crippen molar-refractivity contribution in [1.82, 2.24) is 0 Å². The second-order valence-corrected chi connectivity index (χ2v) is 11.1. The molecule has 2 aliphatic rings. The van der Waals surface area contributed by atoms with Crippen LogP contribution < -0.4 is 19.6 Å². The fourth-order valence-electron chi connectivity index (χ4n) is 5.47. The number of rotatable bonds is 10. The molecule has 266 valence electrons. The summed E-state index contributed by atoms with van der Waals surface area (Å²) in [6.45, 7) is 6.22. The first-order chi connectivity index (χ1) is 23.9. The van der Waals surface area contributed by atoms with Crippen molar-refractivity contribution in [3.05, 3.63) is 52.4 Å². The van der Waals surface area contributed by atoms with Crippen LogP contribution in [0.15, 0.2) is 45.6 Å². The second kappa shape index (κ2) is 15.3. The summed E-state index contributed by atoms with van der Waals surface area (Å²) in [5.41, 5.74) is -0.390. The molecule has 1 aromatic heterocycles. The van der Waals surface area contributed by atoms with E-state index in [0.717, 1.165) is 27.7 Å². The highest BCUT2D eigenvalue weighted by atomic mass is 16.7. The van der Waals surface area contributed by atoms with Gasteiger partial charge in [0, 0.05) is 33.8 Å². The molecule has 5 atom stereocenters. The van der Waals surface area contributed by atoms with E-state index in [4.69, 9.17) is 47.0 Å². The van der Waals surface area contributed by atoms with Crippen LogP contribution in [0.4, 0.5) is 0 Å². The molecule has 2 aliphatic heterocycles. The first-order valence-electron chi connectivity index (χ1n) is 15.5. The average molecular weight is 699 g/mol. The lowest BCUT2D eigenvalue weighted by atomic mass is 9.98. The highest BCUT2D eigenvalue weighted by Crippen LogP contribution is 2.37. The van der Waals surface area contributed by atoms with Gasteiger partial charge in [0.05, 0.1) is 17.6 Å². The van der Waals surface area contributed by atoms with Crippen molar-refractivity contribution in [1.29, 1.82) is 0 Å². The SMILES string of the molecule is CCOC(=O)c1oc2cc(O[C@H]3O[C@@H](COC(C)=O)[C@@H](OC(C)=O)[C@@H](OC(C)=O)[C@H]3OC(C)=O)ccc2c(=O)c1-c1ccc2c(c1)OCCO2. The summed E-state index contributed by atoms with van der Waals surface area (Å²) >= 11 is 0. The maximum absolute atomic E-state index is 13.9. The van der Waals surface area contributed by atoms with Gasteiger partial charge in [-0.1, -0.05) is 6.07 Å². The van der Waals surface area contributed by atoms with Gasteiger partial charge in [-0.05, 0) is 36.8 Å². The predicted molar refractivity (Wildman–Crippen MR) is 167 cm³/mol. The van der Waals surface area contributed by atoms with E-state index in [1.807, 2.05) is 0 Å². The van der Waals surface area contributed by atoms with Crippen molar-refractivity contribution in [3.8, 4) is 28.4 Å². The third kappa shape index (κ3) is 7.97. The van der Waals surface area contributed by atoms with E-state index in [1.165, 1.54) is 18.2 Å². The van der Waals surface area contributed by atoms with Crippen molar-refractivity contribution in [3.63, 3.8) is 0 Å². The number of hydrogen-bond acceptors (Lipinski definition) is 16. The molecule has 5 rings (SSSR count). The van der Waals surface area contributed by atoms with Gasteiger partial charge in [-0.25, -0.2) is 4.79 Å². The van der Waals surface area contributed by atoms with Crippen LogP contribution in [0.5, 0.6) is 17.2 Å². The van der Waals surface area contributed by atoms with Gasteiger partial charge >= 0.3 is 29.8 Å². The molecule has 3 aromatic rings. The molecule has 0 saturated carbocycles. The molecule has 0 unspecified atom stereocenters. The van der Waals surface area contributed by atoms with Gasteiger partial charge in [0.2, 0.25) is 23.6 Å². The predicted octanol–water partition coefficient (Wildman–Crippen LogP) is 2.87. The van der Waals surface area contributed by atoms with Gasteiger partial charge < -0.3 is 47.0 Å². The monoisotopic (exact) mass is 698 g/mol. The van der Waals surface area contributed by atoms with Crippen LogP contribution in [0.3, 0.4) is 0 Å². The second-order valence-electron chi connectivity index (χ2n) is 11.1. The molecule has 0 N–H and O–H groups in total. The Hall–Kier alpha value is -5.64. The summed E-state index contributed by atoms with van der Waals surface area (Å²) < 4.78 is 55.9. The van der Waals surface area contributed by atoms with Crippen molar-refractivity contribution in [2.45, 2.75) is 65.3 Å². The van der Waals surface area contributed by atoms with Crippen LogP contribution in [-0.2, 0) is 47.6 Å². The molecule has 0 spiro atoms. The minimum atomic E-state index is -1.55. The molecular formula is C34H34O16. The highest BCUT2D eigenvalue weighted by Gasteiger charge is 2.53. The first-order valence-corrected chi connectivity index (χ1v) is 15.5. The minimum absolute atomic E-state index is 0.00673. The first kappa shape index (κ1) is 35.7. The van der Waals surface area contributed by atoms with Gasteiger partial charge in [-0.15, -0.1) is 0 Å². The molecule has 16 heteroatoms. The van der Waals surface area contributed by atoms with Crippen molar-refractivity contribution in [2.24, 2.45) is 0 Å². The number of fused-ring (bicyclic) bond motifs is 2. The van der Waals surface area contributed by atoms with E-state index in [-0.39, 0.29) is 34.6 Å². The van der Waals surface area contributed by atoms with Gasteiger partial charge in [-0.2, -0.15) is 0 Å². The topological polar surface area (TPSA) is 199 Å². The van der Waals surface area contributed by atoms with Gasteiger partial charge in [0.1, 0.15) is 37.3 Å². The highest BCUT2D eigenvalue weighted by molar-refractivity contribution is 5.98. The van der Waals surface area contributed by atoms with Crippen LogP contribution in [-0.4, -0.2) is 87.0 Å². The summed E-state index contributed by atoms with van der Waals surface area (Å²) in [5, 5.41) is 0.0665. The summed E-state index contributed by atoms with van der Waals surface area (Å²) in [6.07, 6.45) is -7.18. The third-order valence-corrected chi connectivity index (χ3v) is 7.36. The van der Waals surface area contributed by atoms with E-state index in [9.17, 15) is 28.8 Å². The lowest BCUT2D eigenvalue weighted by molar-refractivity contribution is -0.288. The lowest BCUT2D eigenvalue weighted by Gasteiger charge is -2.43. The summed E-state index contributed by atoms with van der Waals surface area (Å²) in [6, 6.07) is 8.85. The number of carbonyl (C=O) groups is 5. The van der Waals surface area contributed by atoms with Crippen molar-refractivity contribution in [2.75, 3.05) is 26.4 Å². The average Bonchev–Trinajstić information content (AvgIpc) is 3.05. The number of ether oxygens (including phenoxy) is 9. The Kier molecular flexibility index (Phi) is 10.9. The summed E-state index contributed by atoms with van der Waals surface area (Å²) in [4.78, 5) is 75.1. The van der Waals surface area contributed by atoms with Crippen LogP contribution in [0.1, 0.15) is 45.2 Å². The van der Waals surface area contributed by atoms with E-state index in [0.29, 0.717) is 30.3 Å². The Labute approximate surface area is 284 Å². The Morgan fingerprint density at radius 3 is 2.08 bits per heavy atom. The van der Waals surface area contributed by atoms with Crippen LogP contribution in [0, 0.1) is 0 Å². The maximum Gasteiger partial charge on any atom is 0.375 e. The molecule has 0 bridgehead atoms. The molecule has 0 aliphatic carbocycles. The van der Waals surface area contributed by atoms with E-state index in [1.54, 1.807) is 25.1 Å². The van der Waals surface area contributed by atoms with E-state index < -0.39 is 72.6 Å². The molecule has 0 radical (unpaired) electrons. The Bertz CT molecular complexity index is 1860. The molecule has 50 heavy (non-hydrogen) atoms. The maximum atomic E-state index is 13.9. The fraction of sp³-hybridized carbons (Fsp3) is 0.412. The number of hydrogen-bond donors (Lipinski definition) is 0. The van der Waals surface area contributed by atoms with Crippen molar-refractivity contribution < 1.29 is 71.0 Å². The molecule has 0 amide bonds. The standard InChI is InChI=1S/C34H34O16/c1-6-41-33(40)30-27(20-7-10-23-25(13-20)43-12-11-42-23)28(39)22-9-8-21(14-24(22)49-30)48-34-32(47-19(5)38)31(46-18(4)37)29(45-17(3)36)26(50-34)15-44-16(2)35/h7-10,13-14,26,29,31-32,34H,6,11-12,15H2,1-5H3/t26-,29+,31+,32+,34-/m0/s1. The number of benzene rings is 2. The molecule has 1 saturated heterocycles. The molecular weight excluding hydrogens is 664 g/mol. The van der Waals surface area contributed by atoms with Crippen molar-refractivity contribution >= 4 is 40.8 Å². The van der Waals surface area contributed by atoms with E-state index in [2.05, 4.69) is 0 Å². The molecule has 1 fully saturated rings. The molecule has 3 heterocycles. The minimum Gasteiger partial charge on any atom is -0.486 e. The fourth-order valence-corrected chi connectivity index (χ4v) is 5.47. The van der Waals surface area contributed by atoms with Crippen LogP contribution in [0.25, 0.3) is 22.1 Å². The Morgan fingerprint density at radius 2 is 1.42 bits per heavy atom. The zero-order valence-electron chi connectivity index (χ0n) is 27.7. The van der Waals surface area contributed by atoms with Crippen LogP contribution >= 0.6 is 0 Å². The van der Waals surface area contributed by atoms with Gasteiger partial charge in [0.15, 0.2) is 23.7 Å². The number of esters is 5. The quantitative estimate of drug-likeness (QED) is 0.221. The number of carbonyl (C=O) groups excluding carboxylic acids is 5. The van der Waals surface area contributed by atoms with Crippen LogP contribution in [0.2, 0.25) is 0 Å². The Morgan fingerprint density at radius 1 is 0.760 bits per heavy atom. The summed E-state index contributed by atoms with van der Waals surface area (Å²) in [5.74, 6) is -3.54. The molecule has 2 aromatic carbocycles. The largest absolute Gasteiger partial charge is 0.486 e. The summed E-state index contributed by atoms with van der Waals surface area (Å²) in [7, 11) is 0. The smallest absolute Gasteiger partial charge is 0.375 e. The normalized spacial score (nSPS) is 21.0. The Balaban J connectivity index is 1.57. The van der Waals surface area contributed by atoms with Gasteiger partial charge in [-0.3, -0.25) is 24.0 Å². The lowest BCUT2D eigenvalue weighted by Crippen LogP contribution is -2.63. The van der Waals surface area contributed by atoms with Gasteiger partial charge in [0.25, 0.3) is 0 Å². The van der Waals surface area contributed by atoms with E-state index >= 15 is 0 Å². The third-order valence-electron chi connectivity index (χ3n) is 7.36. The zero-order chi connectivity index (χ0) is 36.1.